The molecule has 0 saturated carbocycles. The number of imidazole rings is 1. The highest BCUT2D eigenvalue weighted by Crippen LogP contribution is 2.37. The van der Waals surface area contributed by atoms with Crippen LogP contribution in [-0.4, -0.2) is 67.7 Å². The molecule has 0 bridgehead atoms. The van der Waals surface area contributed by atoms with Crippen LogP contribution >= 0.6 is 0 Å². The minimum Gasteiger partial charge on any atom is -0.383 e. The van der Waals surface area contributed by atoms with Crippen LogP contribution < -0.4 is 5.73 Å². The summed E-state index contributed by atoms with van der Waals surface area (Å²) in [6, 6.07) is 14.2. The highest BCUT2D eigenvalue weighted by Gasteiger charge is 2.37. The van der Waals surface area contributed by atoms with Gasteiger partial charge in [-0.2, -0.15) is 14.6 Å². The zero-order valence-electron chi connectivity index (χ0n) is 24.7. The highest BCUT2D eigenvalue weighted by atomic mass is 19.2. The Labute approximate surface area is 257 Å². The number of carbonyl (C=O) groups is 2. The molecule has 1 aromatic carbocycles. The average molecular weight is 616 g/mol. The molecule has 2 N–H and O–H groups in total. The maximum absolute atomic E-state index is 14.1. The molecule has 2 atom stereocenters. The van der Waals surface area contributed by atoms with E-state index in [9.17, 15) is 18.4 Å². The van der Waals surface area contributed by atoms with Crippen LogP contribution in [0.5, 0.6) is 0 Å². The number of aromatic nitrogens is 5. The Morgan fingerprint density at radius 2 is 1.93 bits per heavy atom. The molecular formula is C32H31F2N7O4. The summed E-state index contributed by atoms with van der Waals surface area (Å²) in [5.41, 5.74) is 10.2. The molecular weight excluding hydrogens is 584 g/mol. The number of rotatable bonds is 11. The van der Waals surface area contributed by atoms with Crippen molar-refractivity contribution in [2.24, 2.45) is 11.7 Å². The van der Waals surface area contributed by atoms with Gasteiger partial charge in [-0.25, -0.2) is 19.0 Å². The van der Waals surface area contributed by atoms with E-state index >= 15 is 0 Å². The normalized spacial score (nSPS) is 16.9. The van der Waals surface area contributed by atoms with Crippen LogP contribution in [0.15, 0.2) is 67.1 Å². The van der Waals surface area contributed by atoms with Gasteiger partial charge in [0.15, 0.2) is 5.82 Å². The Balaban J connectivity index is 1.31. The summed E-state index contributed by atoms with van der Waals surface area (Å²) in [6.45, 7) is 3.16. The number of nitrogens with two attached hydrogens (primary N) is 1. The molecule has 5 aromatic rings. The number of hydrogen-bond donors (Lipinski definition) is 1. The lowest BCUT2D eigenvalue weighted by Crippen LogP contribution is -2.24. The number of fused-ring (bicyclic) bond motifs is 1. The van der Waals surface area contributed by atoms with Crippen LogP contribution in [0.2, 0.25) is 0 Å². The summed E-state index contributed by atoms with van der Waals surface area (Å²) in [6.07, 6.45) is 4.13. The van der Waals surface area contributed by atoms with E-state index in [0.717, 1.165) is 22.9 Å². The summed E-state index contributed by atoms with van der Waals surface area (Å²) in [5, 5.41) is 6.60. The zero-order valence-corrected chi connectivity index (χ0v) is 24.7. The number of hydroxylamine groups is 2. The van der Waals surface area contributed by atoms with Crippen LogP contribution in [-0.2, 0) is 20.8 Å². The first kappa shape index (κ1) is 30.2. The minimum atomic E-state index is -1.19. The maximum atomic E-state index is 14.1. The molecule has 1 aliphatic heterocycles. The first-order chi connectivity index (χ1) is 21.7. The number of nitrogens with zero attached hydrogens (tertiary/aromatic N) is 6. The van der Waals surface area contributed by atoms with E-state index in [1.54, 1.807) is 33.5 Å². The lowest BCUT2D eigenvalue weighted by atomic mass is 9.91. The summed E-state index contributed by atoms with van der Waals surface area (Å²) < 4.78 is 36.3. The number of benzene rings is 1. The molecule has 11 nitrogen and oxygen atoms in total. The van der Waals surface area contributed by atoms with Crippen molar-refractivity contribution < 1.29 is 27.9 Å². The van der Waals surface area contributed by atoms with Crippen molar-refractivity contribution in [2.75, 3.05) is 26.8 Å². The van der Waals surface area contributed by atoms with E-state index in [0.29, 0.717) is 42.3 Å². The molecule has 1 fully saturated rings. The van der Waals surface area contributed by atoms with E-state index < -0.39 is 23.8 Å². The standard InChI is InChI=1S/C32H31F2N7O4/c1-19-27(14-24(42)12-22-17-40(10-11-44-2)45-30(22)21-13-25(33)31(34)36-15-21)41(23-6-4-3-5-7-23)38-29(19)20-8-9-28-37-26(32(35)43)18-39(28)16-20/h3-9,13,15-16,18,22,30H,10-12,14,17H2,1-2H3,(H2,35,43)/t22-,30+/m1/s1. The Morgan fingerprint density at radius 1 is 1.13 bits per heavy atom. The van der Waals surface area contributed by atoms with Crippen molar-refractivity contribution in [3.05, 3.63) is 101 Å². The van der Waals surface area contributed by atoms with E-state index in [1.165, 1.54) is 6.20 Å². The molecule has 1 aliphatic rings. The van der Waals surface area contributed by atoms with Gasteiger partial charge >= 0.3 is 0 Å². The van der Waals surface area contributed by atoms with Crippen molar-refractivity contribution in [1.82, 2.24) is 29.2 Å². The Kier molecular flexibility index (Phi) is 8.48. The second-order valence-corrected chi connectivity index (χ2v) is 11.0. The third-order valence-corrected chi connectivity index (χ3v) is 7.90. The van der Waals surface area contributed by atoms with Gasteiger partial charge in [-0.1, -0.05) is 18.2 Å². The molecule has 5 heterocycles. The number of amides is 1. The van der Waals surface area contributed by atoms with Crippen LogP contribution in [0.4, 0.5) is 8.78 Å². The summed E-state index contributed by atoms with van der Waals surface area (Å²) >= 11 is 0. The van der Waals surface area contributed by atoms with Crippen molar-refractivity contribution in [2.45, 2.75) is 25.9 Å². The van der Waals surface area contributed by atoms with Crippen molar-refractivity contribution in [3.63, 3.8) is 0 Å². The largest absolute Gasteiger partial charge is 0.383 e. The fourth-order valence-electron chi connectivity index (χ4n) is 5.68. The van der Waals surface area contributed by atoms with Crippen LogP contribution in [0.3, 0.4) is 0 Å². The smallest absolute Gasteiger partial charge is 0.268 e. The molecule has 13 heteroatoms. The molecule has 232 valence electrons. The summed E-state index contributed by atoms with van der Waals surface area (Å²) in [4.78, 5) is 39.2. The first-order valence-electron chi connectivity index (χ1n) is 14.4. The molecule has 0 aliphatic carbocycles. The second kappa shape index (κ2) is 12.6. The molecule has 4 aromatic heterocycles. The predicted octanol–water partition coefficient (Wildman–Crippen LogP) is 4.02. The number of methoxy groups -OCH3 is 1. The Morgan fingerprint density at radius 3 is 2.67 bits per heavy atom. The second-order valence-electron chi connectivity index (χ2n) is 11.0. The number of halogens is 2. The molecule has 0 unspecified atom stereocenters. The van der Waals surface area contributed by atoms with Gasteiger partial charge in [-0.15, -0.1) is 0 Å². The third kappa shape index (κ3) is 6.23. The lowest BCUT2D eigenvalue weighted by molar-refractivity contribution is -0.155. The van der Waals surface area contributed by atoms with Gasteiger partial charge in [-0.05, 0) is 42.8 Å². The van der Waals surface area contributed by atoms with Gasteiger partial charge < -0.3 is 14.9 Å². The van der Waals surface area contributed by atoms with Gasteiger partial charge in [-0.3, -0.25) is 14.4 Å². The number of ether oxygens (including phenoxy) is 1. The number of para-hydroxylation sites is 1. The topological polar surface area (TPSA) is 130 Å². The van der Waals surface area contributed by atoms with Crippen LogP contribution in [0.1, 0.15) is 39.8 Å². The van der Waals surface area contributed by atoms with Gasteiger partial charge in [0.25, 0.3) is 5.91 Å². The number of carbonyl (C=O) groups excluding carboxylic acids is 2. The number of hydrogen-bond acceptors (Lipinski definition) is 8. The van der Waals surface area contributed by atoms with Gasteiger partial charge in [0.05, 0.1) is 23.7 Å². The quantitative estimate of drug-likeness (QED) is 0.221. The predicted molar refractivity (Wildman–Crippen MR) is 159 cm³/mol. The monoisotopic (exact) mass is 615 g/mol. The summed E-state index contributed by atoms with van der Waals surface area (Å²) in [7, 11) is 1.58. The van der Waals surface area contributed by atoms with Gasteiger partial charge in [0, 0.05) is 68.7 Å². The first-order valence-corrected chi connectivity index (χ1v) is 14.4. The number of pyridine rings is 2. The van der Waals surface area contributed by atoms with E-state index in [1.807, 2.05) is 49.5 Å². The molecule has 1 amide bonds. The third-order valence-electron chi connectivity index (χ3n) is 7.90. The number of Topliss-reactive ketones (excluding diaryl/α,β-unsaturated/α-hetero) is 1. The fourth-order valence-corrected chi connectivity index (χ4v) is 5.68. The van der Waals surface area contributed by atoms with Crippen molar-refractivity contribution in [3.8, 4) is 16.9 Å². The Bertz CT molecular complexity index is 1870. The molecule has 0 spiro atoms. The minimum absolute atomic E-state index is 0.0689. The Hall–Kier alpha value is -4.85. The van der Waals surface area contributed by atoms with Crippen LogP contribution in [0, 0.1) is 24.6 Å². The van der Waals surface area contributed by atoms with E-state index in [-0.39, 0.29) is 30.2 Å². The molecule has 45 heavy (non-hydrogen) atoms. The van der Waals surface area contributed by atoms with E-state index in [2.05, 4.69) is 9.97 Å². The van der Waals surface area contributed by atoms with Crippen molar-refractivity contribution in [1.29, 1.82) is 0 Å². The average Bonchev–Trinajstić information content (AvgIpc) is 3.73. The summed E-state index contributed by atoms with van der Waals surface area (Å²) in [5.74, 6) is -3.30. The molecule has 0 radical (unpaired) electrons. The maximum Gasteiger partial charge on any atom is 0.268 e. The lowest BCUT2D eigenvalue weighted by Gasteiger charge is -2.17. The van der Waals surface area contributed by atoms with E-state index in [4.69, 9.17) is 20.4 Å². The van der Waals surface area contributed by atoms with Crippen LogP contribution in [0.25, 0.3) is 22.6 Å². The zero-order chi connectivity index (χ0) is 31.7. The highest BCUT2D eigenvalue weighted by molar-refractivity contribution is 5.91. The molecule has 1 saturated heterocycles. The number of primary amides is 1. The van der Waals surface area contributed by atoms with Gasteiger partial charge in [0.1, 0.15) is 23.2 Å². The molecule has 6 rings (SSSR count). The SMILES string of the molecule is COCCN1C[C@@H](CC(=O)Cc2c(C)c(-c3ccc4nc(C(N)=O)cn4c3)nn2-c2ccccc2)[C@H](c2cnc(F)c(F)c2)O1. The number of ketones is 1. The fraction of sp³-hybridized carbons (Fsp3) is 0.281. The van der Waals surface area contributed by atoms with Gasteiger partial charge in [0.2, 0.25) is 5.95 Å². The van der Waals surface area contributed by atoms with Crippen molar-refractivity contribution >= 4 is 17.3 Å².